The van der Waals surface area contributed by atoms with Gasteiger partial charge in [0, 0.05) is 37.7 Å². The third kappa shape index (κ3) is 4.28. The van der Waals surface area contributed by atoms with E-state index >= 15 is 0 Å². The molecule has 0 amide bonds. The average molecular weight is 282 g/mol. The van der Waals surface area contributed by atoms with Gasteiger partial charge < -0.3 is 10.1 Å². The zero-order valence-electron chi connectivity index (χ0n) is 12.3. The molecular weight excluding hydrogens is 256 g/mol. The fraction of sp³-hybridized carbons (Fsp3) is 0.733. The van der Waals surface area contributed by atoms with Crippen LogP contribution in [-0.2, 0) is 11.3 Å². The van der Waals surface area contributed by atoms with Crippen molar-refractivity contribution in [1.82, 2.24) is 10.2 Å². The number of likely N-dealkylation sites (tertiary alicyclic amines) is 1. The highest BCUT2D eigenvalue weighted by molar-refractivity contribution is 7.09. The Kier molecular flexibility index (Phi) is 5.82. The summed E-state index contributed by atoms with van der Waals surface area (Å²) in [6.45, 7) is 8.90. The van der Waals surface area contributed by atoms with Gasteiger partial charge in [-0.15, -0.1) is 11.3 Å². The van der Waals surface area contributed by atoms with E-state index in [0.717, 1.165) is 19.6 Å². The molecule has 19 heavy (non-hydrogen) atoms. The predicted molar refractivity (Wildman–Crippen MR) is 81.6 cm³/mol. The first-order valence-corrected chi connectivity index (χ1v) is 8.08. The van der Waals surface area contributed by atoms with Gasteiger partial charge in [-0.3, -0.25) is 4.90 Å². The molecule has 2 rings (SSSR count). The third-order valence-electron chi connectivity index (χ3n) is 4.17. The third-order valence-corrected chi connectivity index (χ3v) is 5.04. The van der Waals surface area contributed by atoms with E-state index < -0.39 is 0 Å². The number of methoxy groups -OCH3 is 1. The van der Waals surface area contributed by atoms with Crippen LogP contribution < -0.4 is 5.32 Å². The van der Waals surface area contributed by atoms with E-state index in [1.807, 2.05) is 18.4 Å². The zero-order chi connectivity index (χ0) is 13.7. The van der Waals surface area contributed by atoms with Crippen LogP contribution in [0, 0.1) is 5.92 Å². The minimum absolute atomic E-state index is 0.397. The molecular formula is C15H26N2OS. The van der Waals surface area contributed by atoms with E-state index in [-0.39, 0.29) is 0 Å². The highest BCUT2D eigenvalue weighted by Crippen LogP contribution is 2.20. The molecule has 3 unspecified atom stereocenters. The predicted octanol–water partition coefficient (Wildman–Crippen LogP) is 2.58. The number of ether oxygens (including phenoxy) is 1. The Morgan fingerprint density at radius 3 is 3.11 bits per heavy atom. The molecule has 3 nitrogen and oxygen atoms in total. The summed E-state index contributed by atoms with van der Waals surface area (Å²) >= 11 is 1.82. The lowest BCUT2D eigenvalue weighted by Gasteiger charge is -2.39. The van der Waals surface area contributed by atoms with Gasteiger partial charge in [0.2, 0.25) is 0 Å². The number of nitrogens with one attached hydrogen (secondary N) is 1. The van der Waals surface area contributed by atoms with Crippen LogP contribution in [0.15, 0.2) is 17.5 Å². The van der Waals surface area contributed by atoms with Crippen molar-refractivity contribution in [2.24, 2.45) is 5.92 Å². The van der Waals surface area contributed by atoms with Gasteiger partial charge in [-0.25, -0.2) is 0 Å². The average Bonchev–Trinajstić information content (AvgIpc) is 2.92. The molecule has 0 aromatic carbocycles. The smallest absolute Gasteiger partial charge is 0.0724 e. The Labute approximate surface area is 121 Å². The van der Waals surface area contributed by atoms with Gasteiger partial charge in [-0.1, -0.05) is 13.0 Å². The van der Waals surface area contributed by atoms with Crippen molar-refractivity contribution in [3.05, 3.63) is 22.4 Å². The first-order chi connectivity index (χ1) is 9.20. The summed E-state index contributed by atoms with van der Waals surface area (Å²) in [5.74, 6) is 0.688. The van der Waals surface area contributed by atoms with Crippen molar-refractivity contribution >= 4 is 11.3 Å². The minimum Gasteiger partial charge on any atom is -0.380 e. The van der Waals surface area contributed by atoms with Crippen LogP contribution in [0.4, 0.5) is 0 Å². The van der Waals surface area contributed by atoms with Gasteiger partial charge in [-0.05, 0) is 37.3 Å². The maximum atomic E-state index is 5.59. The second-order valence-electron chi connectivity index (χ2n) is 5.59. The SMILES string of the molecule is COC1CN(C(C)CNCc2cccs2)CCC1C. The van der Waals surface area contributed by atoms with E-state index in [0.29, 0.717) is 18.1 Å². The second kappa shape index (κ2) is 7.39. The molecule has 1 aliphatic rings. The lowest BCUT2D eigenvalue weighted by atomic mass is 9.95. The molecule has 3 atom stereocenters. The highest BCUT2D eigenvalue weighted by Gasteiger charge is 2.28. The Morgan fingerprint density at radius 2 is 2.42 bits per heavy atom. The highest BCUT2D eigenvalue weighted by atomic mass is 32.1. The summed E-state index contributed by atoms with van der Waals surface area (Å²) in [7, 11) is 1.84. The van der Waals surface area contributed by atoms with Crippen molar-refractivity contribution in [3.8, 4) is 0 Å². The lowest BCUT2D eigenvalue weighted by Crippen LogP contribution is -2.50. The monoisotopic (exact) mass is 282 g/mol. The minimum atomic E-state index is 0.397. The van der Waals surface area contributed by atoms with Gasteiger partial charge in [0.25, 0.3) is 0 Å². The molecule has 0 radical (unpaired) electrons. The standard InChI is InChI=1S/C15H26N2OS/c1-12-6-7-17(11-15(12)18-3)13(2)9-16-10-14-5-4-8-19-14/h4-5,8,12-13,15-16H,6-7,9-11H2,1-3H3. The van der Waals surface area contributed by atoms with Crippen LogP contribution in [0.3, 0.4) is 0 Å². The Bertz CT molecular complexity index is 355. The van der Waals surface area contributed by atoms with Gasteiger partial charge in [0.15, 0.2) is 0 Å². The first kappa shape index (κ1) is 15.0. The van der Waals surface area contributed by atoms with Crippen LogP contribution in [-0.4, -0.2) is 43.8 Å². The first-order valence-electron chi connectivity index (χ1n) is 7.20. The topological polar surface area (TPSA) is 24.5 Å². The Hall–Kier alpha value is -0.420. The zero-order valence-corrected chi connectivity index (χ0v) is 13.1. The van der Waals surface area contributed by atoms with Crippen LogP contribution in [0.1, 0.15) is 25.1 Å². The summed E-state index contributed by atoms with van der Waals surface area (Å²) in [6.07, 6.45) is 1.64. The number of nitrogens with zero attached hydrogens (tertiary/aromatic N) is 1. The molecule has 1 saturated heterocycles. The molecule has 0 bridgehead atoms. The van der Waals surface area contributed by atoms with Gasteiger partial charge in [0.05, 0.1) is 6.10 Å². The molecule has 2 heterocycles. The van der Waals surface area contributed by atoms with Crippen LogP contribution in [0.5, 0.6) is 0 Å². The van der Waals surface area contributed by atoms with Crippen molar-refractivity contribution in [2.75, 3.05) is 26.7 Å². The van der Waals surface area contributed by atoms with Crippen LogP contribution in [0.25, 0.3) is 0 Å². The van der Waals surface area contributed by atoms with Gasteiger partial charge in [0.1, 0.15) is 0 Å². The summed E-state index contributed by atoms with van der Waals surface area (Å²) in [5, 5.41) is 5.69. The normalized spacial score (nSPS) is 26.5. The van der Waals surface area contributed by atoms with Gasteiger partial charge >= 0.3 is 0 Å². The largest absolute Gasteiger partial charge is 0.380 e. The fourth-order valence-electron chi connectivity index (χ4n) is 2.71. The molecule has 1 fully saturated rings. The number of hydrogen-bond acceptors (Lipinski definition) is 4. The van der Waals surface area contributed by atoms with Gasteiger partial charge in [-0.2, -0.15) is 0 Å². The molecule has 1 aliphatic heterocycles. The summed E-state index contributed by atoms with van der Waals surface area (Å²) in [6, 6.07) is 4.87. The van der Waals surface area contributed by atoms with E-state index in [1.165, 1.54) is 17.8 Å². The molecule has 1 aromatic heterocycles. The molecule has 1 aromatic rings. The summed E-state index contributed by atoms with van der Waals surface area (Å²) in [5.41, 5.74) is 0. The van der Waals surface area contributed by atoms with Crippen molar-refractivity contribution in [2.45, 2.75) is 39.0 Å². The van der Waals surface area contributed by atoms with Crippen molar-refractivity contribution in [3.63, 3.8) is 0 Å². The number of thiophene rings is 1. The van der Waals surface area contributed by atoms with Crippen molar-refractivity contribution < 1.29 is 4.74 Å². The lowest BCUT2D eigenvalue weighted by molar-refractivity contribution is -0.0164. The maximum absolute atomic E-state index is 5.59. The Balaban J connectivity index is 1.72. The summed E-state index contributed by atoms with van der Waals surface area (Å²) in [4.78, 5) is 3.96. The fourth-order valence-corrected chi connectivity index (χ4v) is 3.39. The Morgan fingerprint density at radius 1 is 1.58 bits per heavy atom. The van der Waals surface area contributed by atoms with Crippen LogP contribution in [0.2, 0.25) is 0 Å². The van der Waals surface area contributed by atoms with E-state index in [9.17, 15) is 0 Å². The number of rotatable bonds is 6. The quantitative estimate of drug-likeness (QED) is 0.868. The molecule has 0 aliphatic carbocycles. The molecule has 4 heteroatoms. The molecule has 108 valence electrons. The second-order valence-corrected chi connectivity index (χ2v) is 6.63. The number of piperidine rings is 1. The van der Waals surface area contributed by atoms with E-state index in [1.54, 1.807) is 0 Å². The molecule has 1 N–H and O–H groups in total. The molecule has 0 spiro atoms. The van der Waals surface area contributed by atoms with Crippen LogP contribution >= 0.6 is 11.3 Å². The summed E-state index contributed by atoms with van der Waals surface area (Å²) < 4.78 is 5.59. The molecule has 0 saturated carbocycles. The van der Waals surface area contributed by atoms with E-state index in [2.05, 4.69) is 41.6 Å². The number of hydrogen-bond donors (Lipinski definition) is 1. The van der Waals surface area contributed by atoms with Crippen molar-refractivity contribution in [1.29, 1.82) is 0 Å². The van der Waals surface area contributed by atoms with E-state index in [4.69, 9.17) is 4.74 Å². The maximum Gasteiger partial charge on any atom is 0.0724 e.